The van der Waals surface area contributed by atoms with Crippen molar-refractivity contribution in [3.63, 3.8) is 0 Å². The zero-order chi connectivity index (χ0) is 19.6. The van der Waals surface area contributed by atoms with Crippen molar-refractivity contribution in [1.29, 1.82) is 0 Å². The minimum atomic E-state index is -4.64. The van der Waals surface area contributed by atoms with Crippen LogP contribution in [0.25, 0.3) is 0 Å². The number of anilines is 1. The van der Waals surface area contributed by atoms with Gasteiger partial charge in [-0.1, -0.05) is 18.2 Å². The van der Waals surface area contributed by atoms with Gasteiger partial charge in [-0.25, -0.2) is 0 Å². The number of hydrogen-bond acceptors (Lipinski definition) is 3. The Morgan fingerprint density at radius 3 is 2.25 bits per heavy atom. The number of halogens is 3. The van der Waals surface area contributed by atoms with E-state index in [-0.39, 0.29) is 5.75 Å². The van der Waals surface area contributed by atoms with Gasteiger partial charge in [0.05, 0.1) is 0 Å². The number of ether oxygens (including phenoxy) is 1. The molecule has 1 aliphatic carbocycles. The molecule has 2 fully saturated rings. The molecule has 1 heterocycles. The normalized spacial score (nSPS) is 25.2. The maximum Gasteiger partial charge on any atom is 0.573 e. The molecular weight excluding hydrogens is 383 g/mol. The SMILES string of the molecule is FC(F)(F)Oc1ccc(N2CC[C@]3(CC[C@@H](Sc4ccccc4)CC3)C2)cc1. The summed E-state index contributed by atoms with van der Waals surface area (Å²) in [5.74, 6) is -0.163. The van der Waals surface area contributed by atoms with Gasteiger partial charge in [-0.3, -0.25) is 0 Å². The van der Waals surface area contributed by atoms with Crippen LogP contribution in [0.3, 0.4) is 0 Å². The van der Waals surface area contributed by atoms with Crippen LogP contribution >= 0.6 is 11.8 Å². The molecule has 2 aromatic rings. The molecule has 1 saturated carbocycles. The van der Waals surface area contributed by atoms with Gasteiger partial charge in [-0.05, 0) is 73.9 Å². The molecule has 0 atom stereocenters. The third-order valence-corrected chi connectivity index (χ3v) is 7.26. The second-order valence-electron chi connectivity index (χ2n) is 7.84. The summed E-state index contributed by atoms with van der Waals surface area (Å²) in [6, 6.07) is 16.9. The first-order valence-corrected chi connectivity index (χ1v) is 10.6. The van der Waals surface area contributed by atoms with E-state index in [1.165, 1.54) is 42.7 Å². The van der Waals surface area contributed by atoms with Gasteiger partial charge in [0.25, 0.3) is 0 Å². The molecule has 0 bridgehead atoms. The Bertz CT molecular complexity index is 771. The van der Waals surface area contributed by atoms with Crippen LogP contribution in [0, 0.1) is 5.41 Å². The first-order chi connectivity index (χ1) is 13.4. The highest BCUT2D eigenvalue weighted by atomic mass is 32.2. The number of rotatable bonds is 4. The first-order valence-electron chi connectivity index (χ1n) is 9.73. The van der Waals surface area contributed by atoms with Crippen molar-refractivity contribution >= 4 is 17.4 Å². The summed E-state index contributed by atoms with van der Waals surface area (Å²) >= 11 is 1.99. The van der Waals surface area contributed by atoms with E-state index < -0.39 is 6.36 Å². The highest BCUT2D eigenvalue weighted by Crippen LogP contribution is 2.48. The van der Waals surface area contributed by atoms with Crippen molar-refractivity contribution in [3.8, 4) is 5.75 Å². The lowest BCUT2D eigenvalue weighted by Gasteiger charge is -2.37. The molecule has 0 unspecified atom stereocenters. The first kappa shape index (κ1) is 19.5. The molecule has 28 heavy (non-hydrogen) atoms. The Balaban J connectivity index is 1.32. The van der Waals surface area contributed by atoms with Crippen LogP contribution in [0.4, 0.5) is 18.9 Å². The van der Waals surface area contributed by atoms with Crippen molar-refractivity contribution in [2.75, 3.05) is 18.0 Å². The summed E-state index contributed by atoms with van der Waals surface area (Å²) in [4.78, 5) is 3.65. The van der Waals surface area contributed by atoms with Gasteiger partial charge in [0.1, 0.15) is 5.75 Å². The third-order valence-electron chi connectivity index (χ3n) is 5.91. The lowest BCUT2D eigenvalue weighted by molar-refractivity contribution is -0.274. The standard InChI is InChI=1S/C22H24F3NOS/c23-22(24,25)27-18-8-6-17(7-9-18)26-15-14-21(16-26)12-10-20(11-13-21)28-19-4-2-1-3-5-19/h1-9,20H,10-16H2/t20-,21-. The maximum absolute atomic E-state index is 12.3. The molecule has 0 aromatic heterocycles. The Kier molecular flexibility index (Phi) is 5.50. The lowest BCUT2D eigenvalue weighted by atomic mass is 9.73. The van der Waals surface area contributed by atoms with Gasteiger partial charge in [0.15, 0.2) is 0 Å². The van der Waals surface area contributed by atoms with E-state index in [4.69, 9.17) is 0 Å². The monoisotopic (exact) mass is 407 g/mol. The quantitative estimate of drug-likeness (QED) is 0.573. The zero-order valence-electron chi connectivity index (χ0n) is 15.6. The minimum Gasteiger partial charge on any atom is -0.406 e. The van der Waals surface area contributed by atoms with Gasteiger partial charge in [0, 0.05) is 28.9 Å². The summed E-state index contributed by atoms with van der Waals surface area (Å²) in [7, 11) is 0. The fourth-order valence-corrected chi connectivity index (χ4v) is 5.61. The number of nitrogens with zero attached hydrogens (tertiary/aromatic N) is 1. The fraction of sp³-hybridized carbons (Fsp3) is 0.455. The predicted molar refractivity (Wildman–Crippen MR) is 107 cm³/mol. The molecule has 0 amide bonds. The van der Waals surface area contributed by atoms with Crippen molar-refractivity contribution in [1.82, 2.24) is 0 Å². The maximum atomic E-state index is 12.3. The van der Waals surface area contributed by atoms with E-state index in [9.17, 15) is 13.2 Å². The third kappa shape index (κ3) is 4.77. The molecular formula is C22H24F3NOS. The van der Waals surface area contributed by atoms with Crippen LogP contribution in [0.5, 0.6) is 5.75 Å². The van der Waals surface area contributed by atoms with E-state index >= 15 is 0 Å². The van der Waals surface area contributed by atoms with Crippen molar-refractivity contribution in [3.05, 3.63) is 54.6 Å². The molecule has 2 aliphatic rings. The predicted octanol–water partition coefficient (Wildman–Crippen LogP) is 6.52. The Labute approximate surface area is 168 Å². The van der Waals surface area contributed by atoms with E-state index in [0.29, 0.717) is 10.7 Å². The van der Waals surface area contributed by atoms with Gasteiger partial charge >= 0.3 is 6.36 Å². The second-order valence-corrected chi connectivity index (χ2v) is 9.22. The summed E-state index contributed by atoms with van der Waals surface area (Å²) < 4.78 is 40.9. The molecule has 4 rings (SSSR count). The number of hydrogen-bond donors (Lipinski definition) is 0. The van der Waals surface area contributed by atoms with E-state index in [1.54, 1.807) is 12.1 Å². The Hall–Kier alpha value is -1.82. The van der Waals surface area contributed by atoms with Crippen LogP contribution < -0.4 is 9.64 Å². The molecule has 1 saturated heterocycles. The molecule has 1 spiro atoms. The van der Waals surface area contributed by atoms with Gasteiger partial charge in [-0.2, -0.15) is 0 Å². The second kappa shape index (κ2) is 7.90. The summed E-state index contributed by atoms with van der Waals surface area (Å²) in [5.41, 5.74) is 1.33. The fourth-order valence-electron chi connectivity index (χ4n) is 4.44. The molecule has 2 aromatic carbocycles. The van der Waals surface area contributed by atoms with Crippen molar-refractivity contribution < 1.29 is 17.9 Å². The molecule has 0 N–H and O–H groups in total. The largest absolute Gasteiger partial charge is 0.573 e. The molecule has 6 heteroatoms. The van der Waals surface area contributed by atoms with Crippen LogP contribution in [-0.4, -0.2) is 24.7 Å². The average molecular weight is 408 g/mol. The highest BCUT2D eigenvalue weighted by Gasteiger charge is 2.41. The zero-order valence-corrected chi connectivity index (χ0v) is 16.4. The smallest absolute Gasteiger partial charge is 0.406 e. The number of benzene rings is 2. The van der Waals surface area contributed by atoms with Gasteiger partial charge in [-0.15, -0.1) is 24.9 Å². The van der Waals surface area contributed by atoms with Gasteiger partial charge in [0.2, 0.25) is 0 Å². The topological polar surface area (TPSA) is 12.5 Å². The summed E-state index contributed by atoms with van der Waals surface area (Å²) in [6.07, 6.45) is 1.43. The van der Waals surface area contributed by atoms with Crippen LogP contribution in [0.1, 0.15) is 32.1 Å². The number of alkyl halides is 3. The molecule has 1 aliphatic heterocycles. The van der Waals surface area contributed by atoms with E-state index in [0.717, 1.165) is 25.2 Å². The highest BCUT2D eigenvalue weighted by molar-refractivity contribution is 8.00. The van der Waals surface area contributed by atoms with Crippen molar-refractivity contribution in [2.24, 2.45) is 5.41 Å². The molecule has 2 nitrogen and oxygen atoms in total. The van der Waals surface area contributed by atoms with E-state index in [1.807, 2.05) is 11.8 Å². The molecule has 150 valence electrons. The van der Waals surface area contributed by atoms with Crippen LogP contribution in [0.2, 0.25) is 0 Å². The van der Waals surface area contributed by atoms with Crippen LogP contribution in [-0.2, 0) is 0 Å². The summed E-state index contributed by atoms with van der Waals surface area (Å²) in [6.45, 7) is 1.96. The minimum absolute atomic E-state index is 0.163. The van der Waals surface area contributed by atoms with Crippen molar-refractivity contribution in [2.45, 2.75) is 48.6 Å². The van der Waals surface area contributed by atoms with Gasteiger partial charge < -0.3 is 9.64 Å². The number of thioether (sulfide) groups is 1. The average Bonchev–Trinajstić information content (AvgIpc) is 3.08. The Morgan fingerprint density at radius 2 is 1.61 bits per heavy atom. The van der Waals surface area contributed by atoms with Crippen LogP contribution in [0.15, 0.2) is 59.5 Å². The Morgan fingerprint density at radius 1 is 0.929 bits per heavy atom. The lowest BCUT2D eigenvalue weighted by Crippen LogP contribution is -2.32. The van der Waals surface area contributed by atoms with E-state index in [2.05, 4.69) is 40.0 Å². The molecule has 0 radical (unpaired) electrons. The summed E-state index contributed by atoms with van der Waals surface area (Å²) in [5, 5.41) is 0.681.